The van der Waals surface area contributed by atoms with Gasteiger partial charge in [0.1, 0.15) is 5.00 Å². The zero-order valence-corrected chi connectivity index (χ0v) is 16.8. The smallest absolute Gasteiger partial charge is 0.339 e. The van der Waals surface area contributed by atoms with E-state index in [2.05, 4.69) is 34.6 Å². The standard InChI is InChI=1S/C19H19NO2S3/c1-4-14-17(19(21)22-5-2)12(3)24-18(14)20-11-13-8-9-16(25-13)15-7-6-10-23-15/h6-11H,4-5H2,1-3H3. The summed E-state index contributed by atoms with van der Waals surface area (Å²) in [7, 11) is 0. The first kappa shape index (κ1) is 18.0. The Hall–Kier alpha value is -1.76. The van der Waals surface area contributed by atoms with Crippen LogP contribution >= 0.6 is 34.0 Å². The highest BCUT2D eigenvalue weighted by atomic mass is 32.1. The number of aliphatic imine (C=N–C) groups is 1. The van der Waals surface area contributed by atoms with Crippen LogP contribution in [0.2, 0.25) is 0 Å². The highest BCUT2D eigenvalue weighted by Crippen LogP contribution is 2.37. The van der Waals surface area contributed by atoms with Gasteiger partial charge in [-0.05, 0) is 43.8 Å². The molecule has 3 rings (SSSR count). The molecule has 0 aliphatic carbocycles. The Morgan fingerprint density at radius 2 is 2.04 bits per heavy atom. The SMILES string of the molecule is CCOC(=O)c1c(C)sc(N=Cc2ccc(-c3cccs3)s2)c1CC. The van der Waals surface area contributed by atoms with Crippen molar-refractivity contribution in [2.75, 3.05) is 6.61 Å². The Kier molecular flexibility index (Phi) is 5.83. The first-order valence-corrected chi connectivity index (χ1v) is 10.6. The molecule has 0 saturated carbocycles. The lowest BCUT2D eigenvalue weighted by Gasteiger charge is -2.03. The van der Waals surface area contributed by atoms with Gasteiger partial charge in [-0.25, -0.2) is 9.79 Å². The predicted molar refractivity (Wildman–Crippen MR) is 109 cm³/mol. The minimum absolute atomic E-state index is 0.245. The van der Waals surface area contributed by atoms with Crippen molar-refractivity contribution in [3.05, 3.63) is 50.5 Å². The van der Waals surface area contributed by atoms with Crippen LogP contribution in [0.15, 0.2) is 34.6 Å². The summed E-state index contributed by atoms with van der Waals surface area (Å²) in [6.07, 6.45) is 2.65. The van der Waals surface area contributed by atoms with Gasteiger partial charge in [-0.2, -0.15) is 0 Å². The molecule has 0 bridgehead atoms. The summed E-state index contributed by atoms with van der Waals surface area (Å²) in [6, 6.07) is 8.40. The molecular weight excluding hydrogens is 370 g/mol. The van der Waals surface area contributed by atoms with Crippen LogP contribution < -0.4 is 0 Å². The molecule has 0 N–H and O–H groups in total. The molecule has 3 heterocycles. The highest BCUT2D eigenvalue weighted by molar-refractivity contribution is 7.22. The summed E-state index contributed by atoms with van der Waals surface area (Å²) < 4.78 is 5.19. The number of carbonyl (C=O) groups excluding carboxylic acids is 1. The van der Waals surface area contributed by atoms with E-state index in [1.165, 1.54) is 9.75 Å². The Morgan fingerprint density at radius 1 is 1.20 bits per heavy atom. The van der Waals surface area contributed by atoms with Crippen LogP contribution in [0.5, 0.6) is 0 Å². The molecule has 130 valence electrons. The van der Waals surface area contributed by atoms with Gasteiger partial charge in [0.15, 0.2) is 0 Å². The molecule has 3 aromatic rings. The van der Waals surface area contributed by atoms with Crippen molar-refractivity contribution in [1.82, 2.24) is 0 Å². The number of aryl methyl sites for hydroxylation is 1. The van der Waals surface area contributed by atoms with Crippen LogP contribution in [0.1, 0.15) is 39.5 Å². The average molecular weight is 390 g/mol. The van der Waals surface area contributed by atoms with Crippen LogP contribution in [0, 0.1) is 6.92 Å². The molecule has 6 heteroatoms. The molecule has 3 aromatic heterocycles. The van der Waals surface area contributed by atoms with E-state index in [-0.39, 0.29) is 5.97 Å². The topological polar surface area (TPSA) is 38.7 Å². The van der Waals surface area contributed by atoms with E-state index in [1.54, 1.807) is 34.0 Å². The second-order valence-electron chi connectivity index (χ2n) is 5.33. The molecule has 0 aliphatic heterocycles. The van der Waals surface area contributed by atoms with Crippen molar-refractivity contribution in [2.45, 2.75) is 27.2 Å². The number of thiophene rings is 3. The van der Waals surface area contributed by atoms with E-state index < -0.39 is 0 Å². The number of nitrogens with zero attached hydrogens (tertiary/aromatic N) is 1. The largest absolute Gasteiger partial charge is 0.462 e. The third kappa shape index (κ3) is 3.92. The normalized spacial score (nSPS) is 11.3. The zero-order chi connectivity index (χ0) is 17.8. The van der Waals surface area contributed by atoms with Crippen LogP contribution in [0.25, 0.3) is 9.75 Å². The average Bonchev–Trinajstić information content (AvgIpc) is 3.32. The molecule has 0 aliphatic rings. The van der Waals surface area contributed by atoms with E-state index in [1.807, 2.05) is 27.0 Å². The fraction of sp³-hybridized carbons (Fsp3) is 0.263. The maximum atomic E-state index is 12.2. The first-order valence-electron chi connectivity index (χ1n) is 8.11. The maximum Gasteiger partial charge on any atom is 0.339 e. The lowest BCUT2D eigenvalue weighted by atomic mass is 10.1. The fourth-order valence-corrected chi connectivity index (χ4v) is 5.36. The van der Waals surface area contributed by atoms with Crippen LogP contribution in [0.3, 0.4) is 0 Å². The minimum atomic E-state index is -0.245. The number of hydrogen-bond acceptors (Lipinski definition) is 6. The number of esters is 1. The van der Waals surface area contributed by atoms with Crippen molar-refractivity contribution in [3.63, 3.8) is 0 Å². The molecule has 3 nitrogen and oxygen atoms in total. The summed E-state index contributed by atoms with van der Waals surface area (Å²) in [5.74, 6) is -0.245. The molecule has 0 spiro atoms. The third-order valence-corrected chi connectivity index (χ3v) is 6.84. The molecule has 0 radical (unpaired) electrons. The monoisotopic (exact) mass is 389 g/mol. The zero-order valence-electron chi connectivity index (χ0n) is 14.4. The predicted octanol–water partition coefficient (Wildman–Crippen LogP) is 6.34. The number of rotatable bonds is 6. The second-order valence-corrected chi connectivity index (χ2v) is 8.59. The van der Waals surface area contributed by atoms with Gasteiger partial charge < -0.3 is 4.74 Å². The van der Waals surface area contributed by atoms with Gasteiger partial charge in [-0.1, -0.05) is 13.0 Å². The van der Waals surface area contributed by atoms with Gasteiger partial charge in [0.25, 0.3) is 0 Å². The maximum absolute atomic E-state index is 12.2. The summed E-state index contributed by atoms with van der Waals surface area (Å²) in [5.41, 5.74) is 1.67. The Labute approximate surface area is 159 Å². The van der Waals surface area contributed by atoms with Crippen molar-refractivity contribution >= 4 is 51.2 Å². The van der Waals surface area contributed by atoms with E-state index >= 15 is 0 Å². The molecule has 0 aromatic carbocycles. The Bertz CT molecular complexity index is 888. The lowest BCUT2D eigenvalue weighted by molar-refractivity contribution is 0.0525. The van der Waals surface area contributed by atoms with Gasteiger partial charge in [0.05, 0.1) is 12.2 Å². The molecule has 0 atom stereocenters. The van der Waals surface area contributed by atoms with E-state index in [9.17, 15) is 4.79 Å². The fourth-order valence-electron chi connectivity index (χ4n) is 2.58. The van der Waals surface area contributed by atoms with Crippen LogP contribution in [-0.4, -0.2) is 18.8 Å². The molecule has 0 amide bonds. The van der Waals surface area contributed by atoms with Gasteiger partial charge in [0, 0.05) is 31.3 Å². The molecule has 0 saturated heterocycles. The third-order valence-electron chi connectivity index (χ3n) is 3.69. The quantitative estimate of drug-likeness (QED) is 0.365. The molecule has 25 heavy (non-hydrogen) atoms. The summed E-state index contributed by atoms with van der Waals surface area (Å²) >= 11 is 5.01. The summed E-state index contributed by atoms with van der Waals surface area (Å²) in [6.45, 7) is 6.21. The number of hydrogen-bond donors (Lipinski definition) is 0. The molecule has 0 unspecified atom stereocenters. The summed E-state index contributed by atoms with van der Waals surface area (Å²) in [5, 5.41) is 2.98. The molecule has 0 fully saturated rings. The summed E-state index contributed by atoms with van der Waals surface area (Å²) in [4.78, 5) is 21.5. The van der Waals surface area contributed by atoms with Crippen LogP contribution in [-0.2, 0) is 11.2 Å². The lowest BCUT2D eigenvalue weighted by Crippen LogP contribution is -2.07. The van der Waals surface area contributed by atoms with Gasteiger partial charge in [0.2, 0.25) is 0 Å². The van der Waals surface area contributed by atoms with Crippen molar-refractivity contribution < 1.29 is 9.53 Å². The van der Waals surface area contributed by atoms with E-state index in [4.69, 9.17) is 4.74 Å². The van der Waals surface area contributed by atoms with Crippen molar-refractivity contribution in [1.29, 1.82) is 0 Å². The van der Waals surface area contributed by atoms with E-state index in [0.29, 0.717) is 12.2 Å². The van der Waals surface area contributed by atoms with E-state index in [0.717, 1.165) is 26.7 Å². The molecular formula is C19H19NO2S3. The Morgan fingerprint density at radius 3 is 2.72 bits per heavy atom. The first-order chi connectivity index (χ1) is 12.1. The highest BCUT2D eigenvalue weighted by Gasteiger charge is 2.21. The van der Waals surface area contributed by atoms with Crippen molar-refractivity contribution in [3.8, 4) is 9.75 Å². The number of ether oxygens (including phenoxy) is 1. The van der Waals surface area contributed by atoms with Gasteiger partial charge in [-0.3, -0.25) is 0 Å². The second kappa shape index (κ2) is 8.08. The Balaban J connectivity index is 1.86. The van der Waals surface area contributed by atoms with Gasteiger partial charge >= 0.3 is 5.97 Å². The minimum Gasteiger partial charge on any atom is -0.462 e. The van der Waals surface area contributed by atoms with Crippen molar-refractivity contribution in [2.24, 2.45) is 4.99 Å². The van der Waals surface area contributed by atoms with Crippen LogP contribution in [0.4, 0.5) is 5.00 Å². The van der Waals surface area contributed by atoms with Gasteiger partial charge in [-0.15, -0.1) is 34.0 Å². The number of carbonyl (C=O) groups is 1.